The fourth-order valence-electron chi connectivity index (χ4n) is 2.35. The molecule has 0 spiro atoms. The minimum Gasteiger partial charge on any atom is -0.460 e. The zero-order chi connectivity index (χ0) is 11.0. The third-order valence-electron chi connectivity index (χ3n) is 3.27. The Morgan fingerprint density at radius 3 is 2.33 bits per heavy atom. The van der Waals surface area contributed by atoms with E-state index in [0.29, 0.717) is 0 Å². The molecule has 2 bridgehead atoms. The molecule has 0 saturated carbocycles. The number of carbonyl (C=O) groups is 1. The van der Waals surface area contributed by atoms with E-state index >= 15 is 0 Å². The molecule has 15 heavy (non-hydrogen) atoms. The Labute approximate surface area is 88.9 Å². The zero-order valence-corrected chi connectivity index (χ0v) is 8.92. The van der Waals surface area contributed by atoms with Crippen molar-refractivity contribution < 1.29 is 19.4 Å². The highest BCUT2D eigenvalue weighted by Gasteiger charge is 2.44. The van der Waals surface area contributed by atoms with Gasteiger partial charge in [-0.3, -0.25) is 0 Å². The lowest BCUT2D eigenvalue weighted by molar-refractivity contribution is -0.176. The monoisotopic (exact) mass is 212 g/mol. The van der Waals surface area contributed by atoms with Gasteiger partial charge in [0, 0.05) is 11.8 Å². The van der Waals surface area contributed by atoms with Crippen LogP contribution < -0.4 is 0 Å². The van der Waals surface area contributed by atoms with Crippen LogP contribution in [-0.2, 0) is 14.3 Å². The molecule has 0 aliphatic carbocycles. The number of aliphatic hydroxyl groups excluding tert-OH is 1. The molecule has 4 heteroatoms. The summed E-state index contributed by atoms with van der Waals surface area (Å²) >= 11 is 0. The third-order valence-corrected chi connectivity index (χ3v) is 3.27. The van der Waals surface area contributed by atoms with Gasteiger partial charge in [-0.1, -0.05) is 26.0 Å². The maximum absolute atomic E-state index is 11.1. The second-order valence-electron chi connectivity index (χ2n) is 4.28. The first-order chi connectivity index (χ1) is 7.13. The zero-order valence-electron chi connectivity index (χ0n) is 8.92. The van der Waals surface area contributed by atoms with Gasteiger partial charge in [0.15, 0.2) is 0 Å². The second kappa shape index (κ2) is 3.94. The van der Waals surface area contributed by atoms with Crippen molar-refractivity contribution in [3.63, 3.8) is 0 Å². The lowest BCUT2D eigenvalue weighted by Crippen LogP contribution is -2.47. The van der Waals surface area contributed by atoms with Crippen LogP contribution in [0.4, 0.5) is 0 Å². The van der Waals surface area contributed by atoms with E-state index in [1.165, 1.54) is 0 Å². The van der Waals surface area contributed by atoms with Gasteiger partial charge in [0.1, 0.15) is 12.7 Å². The van der Waals surface area contributed by atoms with Crippen LogP contribution in [-0.4, -0.2) is 36.0 Å². The minimum atomic E-state index is -0.556. The van der Waals surface area contributed by atoms with Gasteiger partial charge in [-0.25, -0.2) is 4.79 Å². The van der Waals surface area contributed by atoms with Crippen molar-refractivity contribution in [1.29, 1.82) is 0 Å². The molecule has 1 saturated heterocycles. The molecule has 5 atom stereocenters. The van der Waals surface area contributed by atoms with E-state index in [-0.39, 0.29) is 30.1 Å². The molecule has 1 N–H and O–H groups in total. The second-order valence-corrected chi connectivity index (χ2v) is 4.28. The number of hydrogen-bond donors (Lipinski definition) is 1. The number of rotatable bonds is 2. The van der Waals surface area contributed by atoms with Crippen LogP contribution in [0.5, 0.6) is 0 Å². The van der Waals surface area contributed by atoms with E-state index in [1.54, 1.807) is 0 Å². The SMILES string of the molecule is C[C@@H]1C(OC(=O)CO)[C@H](C)[C@@H]2C=C[C@H]1O2. The van der Waals surface area contributed by atoms with Gasteiger partial charge in [-0.05, 0) is 0 Å². The van der Waals surface area contributed by atoms with Gasteiger partial charge in [0.05, 0.1) is 12.2 Å². The molecule has 4 nitrogen and oxygen atoms in total. The predicted molar refractivity (Wildman–Crippen MR) is 53.1 cm³/mol. The number of hydrogen-bond acceptors (Lipinski definition) is 4. The Hall–Kier alpha value is -0.870. The Kier molecular flexibility index (Phi) is 2.80. The number of fused-ring (bicyclic) bond motifs is 2. The first-order valence-corrected chi connectivity index (χ1v) is 5.27. The first-order valence-electron chi connectivity index (χ1n) is 5.27. The van der Waals surface area contributed by atoms with Gasteiger partial charge in [-0.2, -0.15) is 0 Å². The molecule has 1 unspecified atom stereocenters. The summed E-state index contributed by atoms with van der Waals surface area (Å²) in [6.07, 6.45) is 3.98. The molecule has 2 aliphatic heterocycles. The van der Waals surface area contributed by atoms with Gasteiger partial charge in [0.25, 0.3) is 0 Å². The Morgan fingerprint density at radius 1 is 1.33 bits per heavy atom. The van der Waals surface area contributed by atoms with E-state index in [4.69, 9.17) is 14.6 Å². The average Bonchev–Trinajstić information content (AvgIpc) is 2.68. The Bertz CT molecular complexity index is 268. The average molecular weight is 212 g/mol. The van der Waals surface area contributed by atoms with Crippen molar-refractivity contribution in [1.82, 2.24) is 0 Å². The van der Waals surface area contributed by atoms with Crippen molar-refractivity contribution in [3.8, 4) is 0 Å². The van der Waals surface area contributed by atoms with Crippen molar-refractivity contribution in [2.24, 2.45) is 11.8 Å². The Morgan fingerprint density at radius 2 is 1.87 bits per heavy atom. The highest BCUT2D eigenvalue weighted by atomic mass is 16.6. The minimum absolute atomic E-state index is 0.0442. The van der Waals surface area contributed by atoms with Crippen LogP contribution >= 0.6 is 0 Å². The first kappa shape index (κ1) is 10.6. The van der Waals surface area contributed by atoms with Gasteiger partial charge >= 0.3 is 5.97 Å². The smallest absolute Gasteiger partial charge is 0.332 e. The van der Waals surface area contributed by atoms with Crippen molar-refractivity contribution in [3.05, 3.63) is 12.2 Å². The predicted octanol–water partition coefficient (Wildman–Crippen LogP) is 0.500. The molecule has 2 rings (SSSR count). The number of ether oxygens (including phenoxy) is 2. The molecule has 0 aromatic rings. The fraction of sp³-hybridized carbons (Fsp3) is 0.727. The Balaban J connectivity index is 2.08. The molecule has 0 radical (unpaired) electrons. The van der Waals surface area contributed by atoms with Crippen molar-refractivity contribution in [2.45, 2.75) is 32.2 Å². The normalized spacial score (nSPS) is 43.0. The molecular formula is C11H16O4. The largest absolute Gasteiger partial charge is 0.460 e. The molecule has 0 aromatic heterocycles. The number of carbonyl (C=O) groups excluding carboxylic acids is 1. The van der Waals surface area contributed by atoms with E-state index < -0.39 is 12.6 Å². The van der Waals surface area contributed by atoms with Crippen molar-refractivity contribution >= 4 is 5.97 Å². The molecule has 1 fully saturated rings. The summed E-state index contributed by atoms with van der Waals surface area (Å²) in [5.41, 5.74) is 0. The van der Waals surface area contributed by atoms with Gasteiger partial charge in [-0.15, -0.1) is 0 Å². The highest BCUT2D eigenvalue weighted by molar-refractivity contribution is 5.70. The molecule has 84 valence electrons. The molecule has 2 heterocycles. The van der Waals surface area contributed by atoms with Crippen LogP contribution in [0.3, 0.4) is 0 Å². The van der Waals surface area contributed by atoms with E-state index in [1.807, 2.05) is 26.0 Å². The molecule has 0 amide bonds. The number of esters is 1. The topological polar surface area (TPSA) is 55.8 Å². The molecule has 0 aromatic carbocycles. The van der Waals surface area contributed by atoms with Crippen LogP contribution in [0.25, 0.3) is 0 Å². The summed E-state index contributed by atoms with van der Waals surface area (Å²) in [5.74, 6) is -0.268. The summed E-state index contributed by atoms with van der Waals surface area (Å²) in [5, 5.41) is 8.66. The standard InChI is InChI=1S/C11H16O4/c1-6-8-3-4-9(14-8)7(2)11(6)15-10(13)5-12/h3-4,6-9,11-12H,5H2,1-2H3/t6-,7+,8+,9-,11?. The fourth-order valence-corrected chi connectivity index (χ4v) is 2.35. The lowest BCUT2D eigenvalue weighted by Gasteiger charge is -2.39. The van der Waals surface area contributed by atoms with E-state index in [9.17, 15) is 4.79 Å². The molecule has 2 aliphatic rings. The summed E-state index contributed by atoms with van der Waals surface area (Å²) in [7, 11) is 0. The lowest BCUT2D eigenvalue weighted by atomic mass is 9.86. The molecular weight excluding hydrogens is 196 g/mol. The van der Waals surface area contributed by atoms with E-state index in [2.05, 4.69) is 0 Å². The van der Waals surface area contributed by atoms with E-state index in [0.717, 1.165) is 0 Å². The summed E-state index contributed by atoms with van der Waals surface area (Å²) in [6.45, 7) is 3.45. The van der Waals surface area contributed by atoms with Crippen LogP contribution in [0.15, 0.2) is 12.2 Å². The van der Waals surface area contributed by atoms with Gasteiger partial charge in [0.2, 0.25) is 0 Å². The van der Waals surface area contributed by atoms with Crippen LogP contribution in [0.2, 0.25) is 0 Å². The summed E-state index contributed by atoms with van der Waals surface area (Å²) in [6, 6.07) is 0. The quantitative estimate of drug-likeness (QED) is 0.535. The number of aliphatic hydroxyl groups is 1. The van der Waals surface area contributed by atoms with Crippen LogP contribution in [0.1, 0.15) is 13.8 Å². The van der Waals surface area contributed by atoms with Gasteiger partial charge < -0.3 is 14.6 Å². The van der Waals surface area contributed by atoms with Crippen LogP contribution in [0, 0.1) is 11.8 Å². The summed E-state index contributed by atoms with van der Waals surface area (Å²) < 4.78 is 10.9. The summed E-state index contributed by atoms with van der Waals surface area (Å²) in [4.78, 5) is 11.1. The highest BCUT2D eigenvalue weighted by Crippen LogP contribution is 2.37. The van der Waals surface area contributed by atoms with Crippen molar-refractivity contribution in [2.75, 3.05) is 6.61 Å². The third kappa shape index (κ3) is 1.79. The maximum atomic E-state index is 11.1. The maximum Gasteiger partial charge on any atom is 0.332 e.